The number of nitrogens with one attached hydrogen (secondary N) is 3. The molecular formula is C36H41FN6O3. The molecule has 4 N–H and O–H groups in total. The highest BCUT2D eigenvalue weighted by Gasteiger charge is 2.30. The van der Waals surface area contributed by atoms with E-state index in [4.69, 9.17) is 0 Å². The maximum atomic E-state index is 14.2. The quantitative estimate of drug-likeness (QED) is 0.0625. The van der Waals surface area contributed by atoms with E-state index >= 15 is 0 Å². The molecule has 4 rings (SSSR count). The lowest BCUT2D eigenvalue weighted by atomic mass is 9.94. The summed E-state index contributed by atoms with van der Waals surface area (Å²) in [5.41, 5.74) is 7.85. The number of rotatable bonds is 15. The number of hydrogen-bond donors (Lipinski definition) is 4. The molecule has 0 aliphatic heterocycles. The molecule has 0 aliphatic rings. The van der Waals surface area contributed by atoms with Crippen molar-refractivity contribution in [1.29, 1.82) is 0 Å². The minimum Gasteiger partial charge on any atom is -0.393 e. The molecule has 0 bridgehead atoms. The molecule has 10 heteroatoms. The van der Waals surface area contributed by atoms with Crippen LogP contribution in [-0.4, -0.2) is 34.6 Å². The molecule has 0 radical (unpaired) electrons. The van der Waals surface area contributed by atoms with Gasteiger partial charge in [-0.1, -0.05) is 74.2 Å². The molecule has 1 aromatic heterocycles. The van der Waals surface area contributed by atoms with Crippen molar-refractivity contribution in [3.05, 3.63) is 114 Å². The topological polar surface area (TPSA) is 120 Å². The molecule has 0 spiro atoms. The van der Waals surface area contributed by atoms with Gasteiger partial charge in [-0.2, -0.15) is 5.11 Å². The molecule has 0 fully saturated rings. The molecule has 2 amide bonds. The van der Waals surface area contributed by atoms with Gasteiger partial charge in [-0.3, -0.25) is 9.59 Å². The zero-order chi connectivity index (χ0) is 33.1. The van der Waals surface area contributed by atoms with E-state index < -0.39 is 6.10 Å². The Morgan fingerprint density at radius 3 is 2.22 bits per heavy atom. The number of halogens is 1. The predicted octanol–water partition coefficient (Wildman–Crippen LogP) is 7.43. The van der Waals surface area contributed by atoms with Gasteiger partial charge >= 0.3 is 0 Å². The van der Waals surface area contributed by atoms with Crippen LogP contribution in [0, 0.1) is 5.82 Å². The summed E-state index contributed by atoms with van der Waals surface area (Å²) in [5.74, 6) is -0.818. The summed E-state index contributed by atoms with van der Waals surface area (Å²) in [6, 6.07) is 25.4. The van der Waals surface area contributed by atoms with E-state index in [2.05, 4.69) is 51.4 Å². The molecule has 1 atom stereocenters. The number of anilines is 1. The Morgan fingerprint density at radius 2 is 1.59 bits per heavy atom. The lowest BCUT2D eigenvalue weighted by Crippen LogP contribution is -2.30. The predicted molar refractivity (Wildman–Crippen MR) is 179 cm³/mol. The van der Waals surface area contributed by atoms with E-state index in [0.29, 0.717) is 37.1 Å². The monoisotopic (exact) mass is 624 g/mol. The average molecular weight is 625 g/mol. The minimum atomic E-state index is -0.849. The van der Waals surface area contributed by atoms with E-state index in [-0.39, 0.29) is 35.8 Å². The molecule has 9 nitrogen and oxygen atoms in total. The molecule has 4 aromatic rings. The van der Waals surface area contributed by atoms with Crippen molar-refractivity contribution in [2.45, 2.75) is 58.1 Å². The van der Waals surface area contributed by atoms with Gasteiger partial charge in [0.15, 0.2) is 0 Å². The summed E-state index contributed by atoms with van der Waals surface area (Å²) in [6.07, 6.45) is 0.758. The van der Waals surface area contributed by atoms with Crippen molar-refractivity contribution in [2.24, 2.45) is 10.3 Å². The second-order valence-corrected chi connectivity index (χ2v) is 11.3. The molecule has 46 heavy (non-hydrogen) atoms. The highest BCUT2D eigenvalue weighted by molar-refractivity contribution is 6.12. The fourth-order valence-electron chi connectivity index (χ4n) is 5.53. The summed E-state index contributed by atoms with van der Waals surface area (Å²) >= 11 is 0. The van der Waals surface area contributed by atoms with Crippen LogP contribution in [0.5, 0.6) is 0 Å². The molecule has 3 aromatic carbocycles. The van der Waals surface area contributed by atoms with Gasteiger partial charge in [-0.15, -0.1) is 0 Å². The lowest BCUT2D eigenvalue weighted by molar-refractivity contribution is -0.122. The van der Waals surface area contributed by atoms with E-state index in [1.165, 1.54) is 19.2 Å². The summed E-state index contributed by atoms with van der Waals surface area (Å²) < 4.78 is 16.3. The van der Waals surface area contributed by atoms with Crippen molar-refractivity contribution in [3.8, 4) is 22.4 Å². The van der Waals surface area contributed by atoms with Gasteiger partial charge in [-0.05, 0) is 72.7 Å². The van der Waals surface area contributed by atoms with Crippen molar-refractivity contribution in [1.82, 2.24) is 15.3 Å². The number of unbranched alkanes of at least 4 members (excludes halogenated alkanes) is 1. The van der Waals surface area contributed by atoms with Crippen molar-refractivity contribution < 1.29 is 19.1 Å². The number of nitrogens with zero attached hydrogens (tertiary/aromatic N) is 3. The third-order valence-corrected chi connectivity index (χ3v) is 7.45. The molecule has 1 unspecified atom stereocenters. The van der Waals surface area contributed by atoms with Crippen LogP contribution in [-0.2, 0) is 11.3 Å². The number of carbonyl (C=O) groups is 2. The second kappa shape index (κ2) is 16.3. The first-order valence-electron chi connectivity index (χ1n) is 15.3. The van der Waals surface area contributed by atoms with Crippen LogP contribution in [0.15, 0.2) is 108 Å². The van der Waals surface area contributed by atoms with Crippen LogP contribution >= 0.6 is 0 Å². The number of para-hydroxylation sites is 1. The number of carbonyl (C=O) groups excluding carboxylic acids is 2. The Morgan fingerprint density at radius 1 is 0.935 bits per heavy atom. The van der Waals surface area contributed by atoms with E-state index in [1.54, 1.807) is 12.1 Å². The fourth-order valence-corrected chi connectivity index (χ4v) is 5.53. The van der Waals surface area contributed by atoms with Crippen LogP contribution in [0.4, 0.5) is 10.1 Å². The second-order valence-electron chi connectivity index (χ2n) is 11.3. The first-order chi connectivity index (χ1) is 22.2. The molecule has 240 valence electrons. The molecule has 1 heterocycles. The number of aliphatic hydroxyl groups excluding tert-OH is 1. The van der Waals surface area contributed by atoms with E-state index in [1.807, 2.05) is 60.7 Å². The summed E-state index contributed by atoms with van der Waals surface area (Å²) in [5, 5.41) is 23.3. The smallest absolute Gasteiger partial charge is 0.258 e. The van der Waals surface area contributed by atoms with Gasteiger partial charge < -0.3 is 20.3 Å². The van der Waals surface area contributed by atoms with Crippen molar-refractivity contribution >= 4 is 17.5 Å². The number of amides is 2. The first-order valence-corrected chi connectivity index (χ1v) is 15.3. The zero-order valence-corrected chi connectivity index (χ0v) is 26.5. The first kappa shape index (κ1) is 33.8. The van der Waals surface area contributed by atoms with Crippen LogP contribution in [0.2, 0.25) is 0 Å². The Bertz CT molecular complexity index is 1650. The third-order valence-electron chi connectivity index (χ3n) is 7.45. The van der Waals surface area contributed by atoms with Crippen LogP contribution in [0.3, 0.4) is 0 Å². The SMILES string of the molecule is C=C(NN=NC)NC(=O)CC(O)CCCCn1c(-c2ccc(F)cc2)c(-c2ccccc2)c(C(=O)Nc2ccccc2)c1C(C)C. The molecule has 0 saturated heterocycles. The minimum absolute atomic E-state index is 0.0311. The summed E-state index contributed by atoms with van der Waals surface area (Å²) in [4.78, 5) is 26.4. The molecule has 0 saturated carbocycles. The van der Waals surface area contributed by atoms with Gasteiger partial charge in [0.2, 0.25) is 5.91 Å². The maximum absolute atomic E-state index is 14.2. The number of benzene rings is 3. The Hall–Kier alpha value is -5.09. The standard InChI is InChI=1S/C36H41FN6O3/c1-24(2)34-33(36(46)40-29-15-9-6-10-16-29)32(26-13-7-5-8-14-26)35(27-18-20-28(37)21-19-27)43(34)22-12-11-17-30(44)23-31(45)39-25(3)41-42-38-4/h5-10,13-16,18-21,24,30,44H,3,11-12,17,22-23H2,1-2,4H3,(H,38,41)(H,39,45)(H,40,46). The third kappa shape index (κ3) is 8.76. The van der Waals surface area contributed by atoms with Gasteiger partial charge in [0.05, 0.1) is 30.8 Å². The molecular weight excluding hydrogens is 583 g/mol. The zero-order valence-electron chi connectivity index (χ0n) is 26.5. The Labute approximate surface area is 269 Å². The Kier molecular flexibility index (Phi) is 12.0. The van der Waals surface area contributed by atoms with Crippen molar-refractivity contribution in [3.63, 3.8) is 0 Å². The van der Waals surface area contributed by atoms with Gasteiger partial charge in [0, 0.05) is 23.5 Å². The Balaban J connectivity index is 1.68. The number of aliphatic hydroxyl groups is 1. The number of aromatic nitrogens is 1. The average Bonchev–Trinajstić information content (AvgIpc) is 3.39. The van der Waals surface area contributed by atoms with Gasteiger partial charge in [0.25, 0.3) is 5.91 Å². The molecule has 0 aliphatic carbocycles. The summed E-state index contributed by atoms with van der Waals surface area (Å²) in [6.45, 7) is 8.30. The normalized spacial score (nSPS) is 11.9. The van der Waals surface area contributed by atoms with Crippen LogP contribution < -0.4 is 16.1 Å². The van der Waals surface area contributed by atoms with E-state index in [9.17, 15) is 19.1 Å². The van der Waals surface area contributed by atoms with Crippen LogP contribution in [0.25, 0.3) is 22.4 Å². The number of hydrogen-bond acceptors (Lipinski definition) is 5. The van der Waals surface area contributed by atoms with E-state index in [0.717, 1.165) is 28.1 Å². The van der Waals surface area contributed by atoms with Gasteiger partial charge in [-0.25, -0.2) is 9.82 Å². The maximum Gasteiger partial charge on any atom is 0.258 e. The lowest BCUT2D eigenvalue weighted by Gasteiger charge is -2.18. The summed E-state index contributed by atoms with van der Waals surface area (Å²) in [7, 11) is 1.48. The van der Waals surface area contributed by atoms with Crippen LogP contribution in [0.1, 0.15) is 61.5 Å². The highest BCUT2D eigenvalue weighted by Crippen LogP contribution is 2.42. The van der Waals surface area contributed by atoms with Crippen molar-refractivity contribution in [2.75, 3.05) is 12.4 Å². The van der Waals surface area contributed by atoms with Gasteiger partial charge in [0.1, 0.15) is 11.6 Å². The fraction of sp³-hybridized carbons (Fsp3) is 0.278. The largest absolute Gasteiger partial charge is 0.393 e. The highest BCUT2D eigenvalue weighted by atomic mass is 19.1.